The van der Waals surface area contributed by atoms with Crippen molar-refractivity contribution in [2.24, 2.45) is 0 Å². The van der Waals surface area contributed by atoms with Gasteiger partial charge in [0.15, 0.2) is 0 Å². The molecule has 0 aromatic carbocycles. The molecule has 0 bridgehead atoms. The van der Waals surface area contributed by atoms with E-state index in [4.69, 9.17) is 9.68 Å². The Kier molecular flexibility index (Phi) is 4.83. The highest BCUT2D eigenvalue weighted by atomic mass is 32.2. The maximum Gasteiger partial charge on any atom is 0.417 e. The zero-order valence-corrected chi connectivity index (χ0v) is 14.4. The van der Waals surface area contributed by atoms with Gasteiger partial charge in [-0.25, -0.2) is 9.97 Å². The molecule has 0 spiro atoms. The lowest BCUT2D eigenvalue weighted by Crippen LogP contribution is -2.10. The molecule has 0 fully saturated rings. The Hall–Kier alpha value is -2.31. The van der Waals surface area contributed by atoms with Crippen LogP contribution in [0.3, 0.4) is 0 Å². The number of thiophene rings is 1. The van der Waals surface area contributed by atoms with Gasteiger partial charge in [0.05, 0.1) is 21.7 Å². The predicted molar refractivity (Wildman–Crippen MR) is 88.1 cm³/mol. The Balaban J connectivity index is 1.84. The van der Waals surface area contributed by atoms with E-state index < -0.39 is 17.3 Å². The van der Waals surface area contributed by atoms with Crippen molar-refractivity contribution in [3.8, 4) is 16.8 Å². The van der Waals surface area contributed by atoms with Crippen LogP contribution in [0.2, 0.25) is 0 Å². The summed E-state index contributed by atoms with van der Waals surface area (Å²) in [6.45, 7) is 1.46. The van der Waals surface area contributed by atoms with Crippen molar-refractivity contribution in [3.63, 3.8) is 0 Å². The minimum Gasteiger partial charge on any atom is -0.444 e. The molecule has 0 amide bonds. The maximum atomic E-state index is 13.1. The van der Waals surface area contributed by atoms with Gasteiger partial charge in [0.1, 0.15) is 17.4 Å². The fourth-order valence-electron chi connectivity index (χ4n) is 2.11. The van der Waals surface area contributed by atoms with Gasteiger partial charge in [-0.05, 0) is 24.4 Å². The average molecular weight is 381 g/mol. The van der Waals surface area contributed by atoms with Gasteiger partial charge < -0.3 is 4.42 Å². The van der Waals surface area contributed by atoms with Gasteiger partial charge in [0.2, 0.25) is 5.89 Å². The van der Waals surface area contributed by atoms with Gasteiger partial charge in [0, 0.05) is 11.4 Å². The minimum atomic E-state index is -4.60. The second kappa shape index (κ2) is 6.90. The molecule has 0 N–H and O–H groups in total. The Morgan fingerprint density at radius 2 is 2.16 bits per heavy atom. The van der Waals surface area contributed by atoms with Crippen LogP contribution in [-0.4, -0.2) is 9.97 Å². The number of aryl methyl sites for hydroxylation is 1. The molecule has 3 rings (SSSR count). The molecule has 25 heavy (non-hydrogen) atoms. The van der Waals surface area contributed by atoms with E-state index in [9.17, 15) is 13.2 Å². The van der Waals surface area contributed by atoms with Crippen molar-refractivity contribution >= 4 is 23.1 Å². The molecule has 0 radical (unpaired) electrons. The number of hydrogen-bond donors (Lipinski definition) is 0. The number of hydrogen-bond acceptors (Lipinski definition) is 6. The summed E-state index contributed by atoms with van der Waals surface area (Å²) in [7, 11) is 0. The van der Waals surface area contributed by atoms with Crippen LogP contribution in [0.4, 0.5) is 13.2 Å². The summed E-state index contributed by atoms with van der Waals surface area (Å²) in [5.74, 6) is 0.705. The number of thioether (sulfide) groups is 1. The molecule has 0 aliphatic rings. The molecule has 0 atom stereocenters. The largest absolute Gasteiger partial charge is 0.444 e. The average Bonchev–Trinajstić information content (AvgIpc) is 3.22. The fraction of sp³-hybridized carbons (Fsp3) is 0.188. The van der Waals surface area contributed by atoms with Gasteiger partial charge in [-0.1, -0.05) is 17.8 Å². The first-order valence-corrected chi connectivity index (χ1v) is 8.85. The molecule has 4 nitrogen and oxygen atoms in total. The first-order chi connectivity index (χ1) is 11.9. The zero-order valence-electron chi connectivity index (χ0n) is 12.8. The van der Waals surface area contributed by atoms with Crippen LogP contribution < -0.4 is 0 Å². The van der Waals surface area contributed by atoms with Gasteiger partial charge in [0.25, 0.3) is 0 Å². The number of nitrogens with zero attached hydrogens (tertiary/aromatic N) is 3. The molecule has 0 saturated heterocycles. The van der Waals surface area contributed by atoms with Crippen LogP contribution in [0.15, 0.2) is 39.3 Å². The first-order valence-electron chi connectivity index (χ1n) is 6.98. The van der Waals surface area contributed by atoms with E-state index in [0.717, 1.165) is 22.7 Å². The molecule has 0 aliphatic heterocycles. The summed E-state index contributed by atoms with van der Waals surface area (Å²) in [5.41, 5.74) is -0.670. The lowest BCUT2D eigenvalue weighted by atomic mass is 10.1. The molecule has 3 heterocycles. The SMILES string of the molecule is Cc1cc(C(F)(F)F)c(C#N)c(SCc2coc(-c3cccs3)n2)n1. The lowest BCUT2D eigenvalue weighted by Gasteiger charge is -2.12. The Bertz CT molecular complexity index is 927. The third kappa shape index (κ3) is 3.86. The van der Waals surface area contributed by atoms with Crippen LogP contribution in [0.1, 0.15) is 22.5 Å². The molecule has 128 valence electrons. The van der Waals surface area contributed by atoms with Gasteiger partial charge in [-0.2, -0.15) is 18.4 Å². The van der Waals surface area contributed by atoms with Crippen LogP contribution in [0, 0.1) is 18.3 Å². The van der Waals surface area contributed by atoms with Crippen LogP contribution in [0.25, 0.3) is 10.8 Å². The summed E-state index contributed by atoms with van der Waals surface area (Å²) in [4.78, 5) is 9.24. The van der Waals surface area contributed by atoms with E-state index in [1.165, 1.54) is 24.5 Å². The number of rotatable bonds is 4. The summed E-state index contributed by atoms with van der Waals surface area (Å²) < 4.78 is 44.7. The monoisotopic (exact) mass is 381 g/mol. The lowest BCUT2D eigenvalue weighted by molar-refractivity contribution is -0.138. The number of nitriles is 1. The highest BCUT2D eigenvalue weighted by molar-refractivity contribution is 7.98. The van der Waals surface area contributed by atoms with E-state index in [1.807, 2.05) is 17.5 Å². The second-order valence-electron chi connectivity index (χ2n) is 5.01. The summed E-state index contributed by atoms with van der Waals surface area (Å²) >= 11 is 2.50. The topological polar surface area (TPSA) is 62.7 Å². The number of aromatic nitrogens is 2. The molecule has 0 saturated carbocycles. The van der Waals surface area contributed by atoms with E-state index in [2.05, 4.69) is 9.97 Å². The van der Waals surface area contributed by atoms with E-state index in [1.54, 1.807) is 6.07 Å². The predicted octanol–water partition coefficient (Wildman–Crippen LogP) is 5.29. The van der Waals surface area contributed by atoms with Crippen molar-refractivity contribution in [2.75, 3.05) is 0 Å². The Morgan fingerprint density at radius 3 is 2.80 bits per heavy atom. The standard InChI is InChI=1S/C16H10F3N3OS2/c1-9-5-12(16(17,18)19)11(6-20)15(21-9)25-8-10-7-23-14(22-10)13-3-2-4-24-13/h2-5,7H,8H2,1H3. The number of oxazole rings is 1. The van der Waals surface area contributed by atoms with Crippen LogP contribution >= 0.6 is 23.1 Å². The van der Waals surface area contributed by atoms with Gasteiger partial charge >= 0.3 is 6.18 Å². The number of alkyl halides is 3. The molecule has 9 heteroatoms. The third-order valence-corrected chi connectivity index (χ3v) is 5.04. The molecule has 0 unspecified atom stereocenters. The molecule has 0 aliphatic carbocycles. The van der Waals surface area contributed by atoms with Gasteiger partial charge in [-0.15, -0.1) is 11.3 Å². The highest BCUT2D eigenvalue weighted by Gasteiger charge is 2.35. The normalized spacial score (nSPS) is 11.5. The van der Waals surface area contributed by atoms with Crippen molar-refractivity contribution in [2.45, 2.75) is 23.9 Å². The van der Waals surface area contributed by atoms with E-state index in [-0.39, 0.29) is 16.5 Å². The molecule has 3 aromatic rings. The van der Waals surface area contributed by atoms with Crippen molar-refractivity contribution < 1.29 is 17.6 Å². The Morgan fingerprint density at radius 1 is 1.36 bits per heavy atom. The third-order valence-electron chi connectivity index (χ3n) is 3.17. The van der Waals surface area contributed by atoms with Crippen molar-refractivity contribution in [1.29, 1.82) is 5.26 Å². The maximum absolute atomic E-state index is 13.1. The van der Waals surface area contributed by atoms with Crippen molar-refractivity contribution in [1.82, 2.24) is 9.97 Å². The molecular formula is C16H10F3N3OS2. The summed E-state index contributed by atoms with van der Waals surface area (Å²) in [6.07, 6.45) is -3.15. The van der Waals surface area contributed by atoms with Crippen LogP contribution in [0.5, 0.6) is 0 Å². The molecular weight excluding hydrogens is 371 g/mol. The number of halogens is 3. The Labute approximate surface area is 149 Å². The number of pyridine rings is 1. The minimum absolute atomic E-state index is 0.0375. The second-order valence-corrected chi connectivity index (χ2v) is 6.92. The first kappa shape index (κ1) is 17.5. The summed E-state index contributed by atoms with van der Waals surface area (Å²) in [6, 6.07) is 6.23. The quantitative estimate of drug-likeness (QED) is 0.575. The smallest absolute Gasteiger partial charge is 0.417 e. The highest BCUT2D eigenvalue weighted by Crippen LogP contribution is 2.36. The van der Waals surface area contributed by atoms with Crippen molar-refractivity contribution in [3.05, 3.63) is 52.4 Å². The summed E-state index contributed by atoms with van der Waals surface area (Å²) in [5, 5.41) is 11.1. The van der Waals surface area contributed by atoms with E-state index in [0.29, 0.717) is 11.6 Å². The van der Waals surface area contributed by atoms with Crippen LogP contribution in [-0.2, 0) is 11.9 Å². The van der Waals surface area contributed by atoms with Gasteiger partial charge in [-0.3, -0.25) is 0 Å². The zero-order chi connectivity index (χ0) is 18.0. The fourth-order valence-corrected chi connectivity index (χ4v) is 3.69. The van der Waals surface area contributed by atoms with E-state index >= 15 is 0 Å². The molecule has 3 aromatic heterocycles.